The Balaban J connectivity index is 1.83. The van der Waals surface area contributed by atoms with Crippen LogP contribution in [0.4, 0.5) is 4.39 Å². The number of halogens is 1. The molecule has 0 saturated heterocycles. The Bertz CT molecular complexity index is 569. The molecule has 2 aromatic rings. The summed E-state index contributed by atoms with van der Waals surface area (Å²) in [5.41, 5.74) is 1.42. The SMILES string of the molecule is CCCCOc1ccc(CNCc2coc(C)n2)c(F)c1. The highest BCUT2D eigenvalue weighted by atomic mass is 19.1. The zero-order valence-electron chi connectivity index (χ0n) is 12.5. The monoisotopic (exact) mass is 292 g/mol. The molecule has 0 aliphatic rings. The number of unbranched alkanes of at least 4 members (excludes halogenated alkanes) is 1. The van der Waals surface area contributed by atoms with E-state index in [9.17, 15) is 4.39 Å². The Labute approximate surface area is 124 Å². The number of benzene rings is 1. The van der Waals surface area contributed by atoms with Crippen LogP contribution in [0.2, 0.25) is 0 Å². The fourth-order valence-corrected chi connectivity index (χ4v) is 1.91. The van der Waals surface area contributed by atoms with Crippen LogP contribution in [-0.2, 0) is 13.1 Å². The maximum atomic E-state index is 13.9. The first-order chi connectivity index (χ1) is 10.2. The summed E-state index contributed by atoms with van der Waals surface area (Å²) in [4.78, 5) is 4.18. The smallest absolute Gasteiger partial charge is 0.191 e. The molecule has 114 valence electrons. The Morgan fingerprint density at radius 1 is 1.33 bits per heavy atom. The summed E-state index contributed by atoms with van der Waals surface area (Å²) in [6.45, 7) is 5.49. The van der Waals surface area contributed by atoms with Crippen molar-refractivity contribution in [3.8, 4) is 5.75 Å². The molecule has 4 nitrogen and oxygen atoms in total. The molecule has 0 atom stereocenters. The summed E-state index contributed by atoms with van der Waals surface area (Å²) in [6, 6.07) is 4.99. The van der Waals surface area contributed by atoms with Gasteiger partial charge in [-0.25, -0.2) is 9.37 Å². The van der Waals surface area contributed by atoms with Crippen LogP contribution in [0.1, 0.15) is 36.9 Å². The quantitative estimate of drug-likeness (QED) is 0.755. The van der Waals surface area contributed by atoms with Gasteiger partial charge in [-0.05, 0) is 12.5 Å². The summed E-state index contributed by atoms with van der Waals surface area (Å²) < 4.78 is 24.5. The highest BCUT2D eigenvalue weighted by Crippen LogP contribution is 2.17. The van der Waals surface area contributed by atoms with Crippen LogP contribution in [0.15, 0.2) is 28.9 Å². The average Bonchev–Trinajstić information content (AvgIpc) is 2.87. The topological polar surface area (TPSA) is 47.3 Å². The molecular formula is C16H21FN2O2. The van der Waals surface area contributed by atoms with E-state index < -0.39 is 0 Å². The largest absolute Gasteiger partial charge is 0.493 e. The van der Waals surface area contributed by atoms with Gasteiger partial charge in [-0.2, -0.15) is 0 Å². The molecular weight excluding hydrogens is 271 g/mol. The lowest BCUT2D eigenvalue weighted by Gasteiger charge is -2.08. The Kier molecular flexibility index (Phi) is 5.75. The van der Waals surface area contributed by atoms with E-state index in [4.69, 9.17) is 9.15 Å². The van der Waals surface area contributed by atoms with Crippen LogP contribution in [0.3, 0.4) is 0 Å². The van der Waals surface area contributed by atoms with Gasteiger partial charge in [-0.15, -0.1) is 0 Å². The van der Waals surface area contributed by atoms with Gasteiger partial charge < -0.3 is 14.5 Å². The standard InChI is InChI=1S/C16H21FN2O2/c1-3-4-7-20-15-6-5-13(16(17)8-15)9-18-10-14-11-21-12(2)19-14/h5-6,8,11,18H,3-4,7,9-10H2,1-2H3. The van der Waals surface area contributed by atoms with Crippen molar-refractivity contribution in [2.75, 3.05) is 6.61 Å². The van der Waals surface area contributed by atoms with Gasteiger partial charge in [0.15, 0.2) is 5.89 Å². The molecule has 0 aliphatic heterocycles. The molecule has 0 bridgehead atoms. The third kappa shape index (κ3) is 4.86. The van der Waals surface area contributed by atoms with Gasteiger partial charge in [0.05, 0.1) is 12.3 Å². The van der Waals surface area contributed by atoms with Crippen molar-refractivity contribution in [1.82, 2.24) is 10.3 Å². The van der Waals surface area contributed by atoms with Crippen molar-refractivity contribution in [2.24, 2.45) is 0 Å². The van der Waals surface area contributed by atoms with Gasteiger partial charge in [0.25, 0.3) is 0 Å². The summed E-state index contributed by atoms with van der Waals surface area (Å²) in [5, 5.41) is 3.14. The number of nitrogens with zero attached hydrogens (tertiary/aromatic N) is 1. The molecule has 1 heterocycles. The number of hydrogen-bond donors (Lipinski definition) is 1. The molecule has 0 unspecified atom stereocenters. The molecule has 1 N–H and O–H groups in total. The first-order valence-electron chi connectivity index (χ1n) is 7.22. The molecule has 21 heavy (non-hydrogen) atoms. The van der Waals surface area contributed by atoms with Crippen LogP contribution in [0, 0.1) is 12.7 Å². The number of ether oxygens (including phenoxy) is 1. The normalized spacial score (nSPS) is 10.8. The number of aryl methyl sites for hydroxylation is 1. The van der Waals surface area contributed by atoms with Crippen LogP contribution in [0.25, 0.3) is 0 Å². The molecule has 0 saturated carbocycles. The molecule has 5 heteroatoms. The van der Waals surface area contributed by atoms with E-state index >= 15 is 0 Å². The zero-order chi connectivity index (χ0) is 15.1. The van der Waals surface area contributed by atoms with Gasteiger partial charge in [-0.3, -0.25) is 0 Å². The van der Waals surface area contributed by atoms with Gasteiger partial charge >= 0.3 is 0 Å². The van der Waals surface area contributed by atoms with Gasteiger partial charge in [0.1, 0.15) is 17.8 Å². The number of aromatic nitrogens is 1. The van der Waals surface area contributed by atoms with Crippen molar-refractivity contribution in [2.45, 2.75) is 39.8 Å². The minimum absolute atomic E-state index is 0.257. The van der Waals surface area contributed by atoms with Gasteiger partial charge in [-0.1, -0.05) is 19.4 Å². The van der Waals surface area contributed by atoms with E-state index in [1.54, 1.807) is 25.3 Å². The summed E-state index contributed by atoms with van der Waals surface area (Å²) in [5.74, 6) is 0.955. The lowest BCUT2D eigenvalue weighted by molar-refractivity contribution is 0.307. The van der Waals surface area contributed by atoms with E-state index in [0.29, 0.717) is 36.9 Å². The minimum Gasteiger partial charge on any atom is -0.493 e. The molecule has 1 aromatic carbocycles. The number of rotatable bonds is 8. The average molecular weight is 292 g/mol. The number of nitrogens with one attached hydrogen (secondary N) is 1. The second-order valence-electron chi connectivity index (χ2n) is 4.92. The van der Waals surface area contributed by atoms with Crippen molar-refractivity contribution in [3.05, 3.63) is 47.4 Å². The predicted molar refractivity (Wildman–Crippen MR) is 78.6 cm³/mol. The summed E-state index contributed by atoms with van der Waals surface area (Å²) in [6.07, 6.45) is 3.64. The van der Waals surface area contributed by atoms with E-state index in [2.05, 4.69) is 17.2 Å². The van der Waals surface area contributed by atoms with Crippen molar-refractivity contribution >= 4 is 0 Å². The lowest BCUT2D eigenvalue weighted by atomic mass is 10.2. The highest BCUT2D eigenvalue weighted by Gasteiger charge is 2.05. The molecule has 2 rings (SSSR count). The molecule has 1 aromatic heterocycles. The highest BCUT2D eigenvalue weighted by molar-refractivity contribution is 5.28. The predicted octanol–water partition coefficient (Wildman–Crippen LogP) is 3.59. The molecule has 0 spiro atoms. The van der Waals surface area contributed by atoms with E-state index in [0.717, 1.165) is 18.5 Å². The maximum absolute atomic E-state index is 13.9. The lowest BCUT2D eigenvalue weighted by Crippen LogP contribution is -2.14. The Morgan fingerprint density at radius 3 is 2.86 bits per heavy atom. The van der Waals surface area contributed by atoms with Crippen LogP contribution in [-0.4, -0.2) is 11.6 Å². The van der Waals surface area contributed by atoms with E-state index in [-0.39, 0.29) is 5.82 Å². The fourth-order valence-electron chi connectivity index (χ4n) is 1.91. The maximum Gasteiger partial charge on any atom is 0.191 e. The van der Waals surface area contributed by atoms with E-state index in [1.165, 1.54) is 6.07 Å². The molecule has 0 aliphatic carbocycles. The Morgan fingerprint density at radius 2 is 2.19 bits per heavy atom. The second-order valence-corrected chi connectivity index (χ2v) is 4.92. The second kappa shape index (κ2) is 7.78. The summed E-state index contributed by atoms with van der Waals surface area (Å²) >= 11 is 0. The molecule has 0 radical (unpaired) electrons. The van der Waals surface area contributed by atoms with E-state index in [1.807, 2.05) is 0 Å². The molecule has 0 fully saturated rings. The third-order valence-corrected chi connectivity index (χ3v) is 3.08. The van der Waals surface area contributed by atoms with Crippen molar-refractivity contribution in [3.63, 3.8) is 0 Å². The Hall–Kier alpha value is -1.88. The number of oxazole rings is 1. The number of hydrogen-bond acceptors (Lipinski definition) is 4. The van der Waals surface area contributed by atoms with Crippen molar-refractivity contribution in [1.29, 1.82) is 0 Å². The fraction of sp³-hybridized carbons (Fsp3) is 0.438. The third-order valence-electron chi connectivity index (χ3n) is 3.08. The molecule has 0 amide bonds. The van der Waals surface area contributed by atoms with Gasteiger partial charge in [0.2, 0.25) is 0 Å². The zero-order valence-corrected chi connectivity index (χ0v) is 12.5. The van der Waals surface area contributed by atoms with Crippen LogP contribution >= 0.6 is 0 Å². The minimum atomic E-state index is -0.257. The first-order valence-corrected chi connectivity index (χ1v) is 7.22. The van der Waals surface area contributed by atoms with Gasteiger partial charge in [0, 0.05) is 31.6 Å². The first kappa shape index (κ1) is 15.5. The van der Waals surface area contributed by atoms with Crippen LogP contribution in [0.5, 0.6) is 5.75 Å². The van der Waals surface area contributed by atoms with Crippen molar-refractivity contribution < 1.29 is 13.5 Å². The summed E-state index contributed by atoms with van der Waals surface area (Å²) in [7, 11) is 0. The van der Waals surface area contributed by atoms with Crippen LogP contribution < -0.4 is 10.1 Å².